The van der Waals surface area contributed by atoms with Crippen LogP contribution in [0.5, 0.6) is 0 Å². The van der Waals surface area contributed by atoms with Crippen molar-refractivity contribution in [3.63, 3.8) is 0 Å². The molecule has 0 aliphatic heterocycles. The Labute approximate surface area is 147 Å². The van der Waals surface area contributed by atoms with Crippen LogP contribution in [0.1, 0.15) is 5.56 Å². The minimum Gasteiger partial charge on any atom is -0.466 e. The number of rotatable bonds is 3. The number of nitrogens with zero attached hydrogens (tertiary/aromatic N) is 1. The van der Waals surface area contributed by atoms with Crippen LogP contribution in [0.3, 0.4) is 0 Å². The predicted octanol–water partition coefficient (Wildman–Crippen LogP) is 0.684. The number of hydrogen-bond acceptors (Lipinski definition) is 6. The average molecular weight is 394 g/mol. The van der Waals surface area contributed by atoms with Crippen LogP contribution >= 0.6 is 11.6 Å². The second kappa shape index (κ2) is 6.50. The number of alkyl halides is 3. The summed E-state index contributed by atoms with van der Waals surface area (Å²) in [7, 11) is 0.580. The predicted molar refractivity (Wildman–Crippen MR) is 84.0 cm³/mol. The van der Waals surface area contributed by atoms with Crippen LogP contribution in [-0.4, -0.2) is 33.9 Å². The number of ether oxygens (including phenoxy) is 1. The van der Waals surface area contributed by atoms with E-state index >= 15 is 0 Å². The third-order valence-electron chi connectivity index (χ3n) is 3.47. The number of anilines is 1. The van der Waals surface area contributed by atoms with Gasteiger partial charge in [-0.25, -0.2) is 14.2 Å². The van der Waals surface area contributed by atoms with Crippen LogP contribution < -0.4 is 17.0 Å². The lowest BCUT2D eigenvalue weighted by atomic mass is 9.94. The van der Waals surface area contributed by atoms with E-state index in [0.717, 1.165) is 0 Å². The molecule has 0 radical (unpaired) electrons. The van der Waals surface area contributed by atoms with Gasteiger partial charge in [-0.2, -0.15) is 13.2 Å². The molecule has 2 aromatic rings. The first-order chi connectivity index (χ1) is 11.9. The third-order valence-corrected chi connectivity index (χ3v) is 3.70. The summed E-state index contributed by atoms with van der Waals surface area (Å²) in [6.07, 6.45) is -5.67. The van der Waals surface area contributed by atoms with Gasteiger partial charge in [0.1, 0.15) is 11.4 Å². The second-order valence-corrected chi connectivity index (χ2v) is 5.47. The maximum absolute atomic E-state index is 13.4. The number of nitrogens with one attached hydrogen (secondary N) is 1. The lowest BCUT2D eigenvalue weighted by Crippen LogP contribution is -2.54. The van der Waals surface area contributed by atoms with Crippen LogP contribution in [0.4, 0.5) is 19.0 Å². The molecule has 0 bridgehead atoms. The van der Waals surface area contributed by atoms with Gasteiger partial charge in [-0.05, 0) is 18.2 Å². The molecule has 140 valence electrons. The van der Waals surface area contributed by atoms with Gasteiger partial charge in [-0.15, -0.1) is 0 Å². The van der Waals surface area contributed by atoms with Gasteiger partial charge in [0.05, 0.1) is 12.8 Å². The molecule has 8 nitrogen and oxygen atoms in total. The number of carbonyl (C=O) groups excluding carboxylic acids is 1. The van der Waals surface area contributed by atoms with Gasteiger partial charge in [-0.3, -0.25) is 9.78 Å². The molecule has 2 rings (SSSR count). The Bertz CT molecular complexity index is 985. The summed E-state index contributed by atoms with van der Waals surface area (Å²) in [6.45, 7) is 0. The number of esters is 1. The van der Waals surface area contributed by atoms with Crippen LogP contribution in [-0.2, 0) is 15.1 Å². The fourth-order valence-corrected chi connectivity index (χ4v) is 2.47. The van der Waals surface area contributed by atoms with Crippen LogP contribution in [0.2, 0.25) is 5.02 Å². The van der Waals surface area contributed by atoms with Crippen LogP contribution in [0.15, 0.2) is 33.9 Å². The molecule has 1 atom stereocenters. The molecule has 1 heterocycles. The van der Waals surface area contributed by atoms with E-state index in [0.29, 0.717) is 11.7 Å². The normalized spacial score (nSPS) is 13.9. The molecule has 0 amide bonds. The Morgan fingerprint density at radius 3 is 2.46 bits per heavy atom. The van der Waals surface area contributed by atoms with Gasteiger partial charge < -0.3 is 15.6 Å². The van der Waals surface area contributed by atoms with E-state index in [1.807, 2.05) is 0 Å². The summed E-state index contributed by atoms with van der Waals surface area (Å²) in [5.74, 6) is -3.30. The van der Waals surface area contributed by atoms with Gasteiger partial charge in [0.15, 0.2) is 0 Å². The van der Waals surface area contributed by atoms with Crippen molar-refractivity contribution in [1.29, 1.82) is 0 Å². The average Bonchev–Trinajstić information content (AvgIpc) is 2.52. The van der Waals surface area contributed by atoms with Gasteiger partial charge in [0, 0.05) is 5.02 Å². The number of halogens is 4. The Morgan fingerprint density at radius 2 is 1.96 bits per heavy atom. The Kier molecular flexibility index (Phi) is 4.88. The first-order valence-corrected chi connectivity index (χ1v) is 7.11. The number of methoxy groups -OCH3 is 1. The van der Waals surface area contributed by atoms with E-state index in [1.54, 1.807) is 4.98 Å². The Morgan fingerprint density at radius 1 is 1.35 bits per heavy atom. The highest BCUT2D eigenvalue weighted by Gasteiger charge is 2.64. The van der Waals surface area contributed by atoms with E-state index in [1.165, 1.54) is 24.3 Å². The lowest BCUT2D eigenvalue weighted by Gasteiger charge is -2.28. The topological polar surface area (TPSA) is 127 Å². The highest BCUT2D eigenvalue weighted by Crippen LogP contribution is 2.40. The monoisotopic (exact) mass is 393 g/mol. The van der Waals surface area contributed by atoms with Gasteiger partial charge in [0.2, 0.25) is 0 Å². The largest absolute Gasteiger partial charge is 0.466 e. The maximum Gasteiger partial charge on any atom is 0.432 e. The number of nitrogen functional groups attached to an aromatic ring is 1. The molecule has 0 aliphatic rings. The molecular formula is C14H11ClF3N3O5. The minimum absolute atomic E-state index is 0.105. The fraction of sp³-hybridized carbons (Fsp3) is 0.214. The minimum atomic E-state index is -5.67. The number of benzene rings is 1. The summed E-state index contributed by atoms with van der Waals surface area (Å²) >= 11 is 5.77. The molecule has 0 fully saturated rings. The number of nitrogens with two attached hydrogens (primary N) is 1. The van der Waals surface area contributed by atoms with Crippen molar-refractivity contribution >= 4 is 23.4 Å². The zero-order chi connectivity index (χ0) is 19.9. The summed E-state index contributed by atoms with van der Waals surface area (Å²) in [5, 5.41) is 10.1. The second-order valence-electron chi connectivity index (χ2n) is 5.03. The maximum atomic E-state index is 13.4. The number of aromatic nitrogens is 2. The molecule has 4 N–H and O–H groups in total. The van der Waals surface area contributed by atoms with E-state index in [4.69, 9.17) is 17.3 Å². The molecule has 0 saturated carbocycles. The van der Waals surface area contributed by atoms with Crippen molar-refractivity contribution in [3.8, 4) is 5.69 Å². The molecule has 12 heteroatoms. The Balaban J connectivity index is 2.95. The summed E-state index contributed by atoms with van der Waals surface area (Å²) in [5.41, 5.74) is -3.43. The van der Waals surface area contributed by atoms with Crippen molar-refractivity contribution in [2.75, 3.05) is 12.8 Å². The van der Waals surface area contributed by atoms with E-state index < -0.39 is 40.4 Å². The van der Waals surface area contributed by atoms with E-state index in [-0.39, 0.29) is 10.7 Å². The molecule has 26 heavy (non-hydrogen) atoms. The van der Waals surface area contributed by atoms with E-state index in [9.17, 15) is 32.7 Å². The van der Waals surface area contributed by atoms with Crippen molar-refractivity contribution < 1.29 is 27.8 Å². The molecule has 0 aliphatic carbocycles. The van der Waals surface area contributed by atoms with E-state index in [2.05, 4.69) is 4.74 Å². The molecule has 1 aromatic carbocycles. The van der Waals surface area contributed by atoms with Crippen molar-refractivity contribution in [1.82, 2.24) is 9.55 Å². The zero-order valence-corrected chi connectivity index (χ0v) is 13.7. The first-order valence-electron chi connectivity index (χ1n) is 6.74. The van der Waals surface area contributed by atoms with Crippen molar-refractivity contribution in [3.05, 3.63) is 55.7 Å². The SMILES string of the molecule is COC(=O)C(O)(c1c(N)n(-c2cccc(Cl)c2)c(=O)[nH]c1=O)C(F)(F)F. The number of aromatic amines is 1. The first kappa shape index (κ1) is 19.5. The quantitative estimate of drug-likeness (QED) is 0.658. The van der Waals surface area contributed by atoms with Gasteiger partial charge in [0.25, 0.3) is 11.2 Å². The molecule has 1 aromatic heterocycles. The number of aliphatic hydroxyl groups is 1. The molecule has 1 unspecified atom stereocenters. The molecule has 0 spiro atoms. The highest BCUT2D eigenvalue weighted by atomic mass is 35.5. The Hall–Kier alpha value is -2.79. The summed E-state index contributed by atoms with van der Waals surface area (Å²) < 4.78 is 44.7. The molecule has 0 saturated heterocycles. The highest BCUT2D eigenvalue weighted by molar-refractivity contribution is 6.30. The third kappa shape index (κ3) is 2.95. The van der Waals surface area contributed by atoms with Crippen LogP contribution in [0, 0.1) is 0 Å². The summed E-state index contributed by atoms with van der Waals surface area (Å²) in [4.78, 5) is 37.3. The number of hydrogen-bond donors (Lipinski definition) is 3. The number of H-pyrrole nitrogens is 1. The fourth-order valence-electron chi connectivity index (χ4n) is 2.28. The van der Waals surface area contributed by atoms with Gasteiger partial charge in [-0.1, -0.05) is 17.7 Å². The zero-order valence-electron chi connectivity index (χ0n) is 12.9. The standard InChI is InChI=1S/C14H11ClF3N3O5/c1-26-11(23)13(25,14(16,17)18)8-9(19)21(12(24)20-10(8)22)7-4-2-3-6(15)5-7/h2-5,25H,19H2,1H3,(H,20,22,24). The molecular weight excluding hydrogens is 383 g/mol. The van der Waals surface area contributed by atoms with Crippen molar-refractivity contribution in [2.45, 2.75) is 11.8 Å². The smallest absolute Gasteiger partial charge is 0.432 e. The van der Waals surface area contributed by atoms with Crippen LogP contribution in [0.25, 0.3) is 5.69 Å². The number of carbonyl (C=O) groups is 1. The van der Waals surface area contributed by atoms with Gasteiger partial charge >= 0.3 is 17.8 Å². The van der Waals surface area contributed by atoms with Crippen molar-refractivity contribution in [2.24, 2.45) is 0 Å². The summed E-state index contributed by atoms with van der Waals surface area (Å²) in [6, 6.07) is 5.21. The lowest BCUT2D eigenvalue weighted by molar-refractivity contribution is -0.267.